The molecule has 0 saturated heterocycles. The van der Waals surface area contributed by atoms with Gasteiger partial charge in [0.15, 0.2) is 0 Å². The summed E-state index contributed by atoms with van der Waals surface area (Å²) in [5.41, 5.74) is 0. The molecule has 4 nitrogen and oxygen atoms in total. The second kappa shape index (κ2) is 7.49. The quantitative estimate of drug-likeness (QED) is 0.682. The van der Waals surface area contributed by atoms with Gasteiger partial charge in [0, 0.05) is 25.8 Å². The second-order valence-electron chi connectivity index (χ2n) is 4.47. The van der Waals surface area contributed by atoms with Crippen molar-refractivity contribution in [3.8, 4) is 0 Å². The molecule has 0 aliphatic heterocycles. The lowest BCUT2D eigenvalue weighted by molar-refractivity contribution is 0.145. The summed E-state index contributed by atoms with van der Waals surface area (Å²) < 4.78 is 5.19. The van der Waals surface area contributed by atoms with Crippen LogP contribution in [0.5, 0.6) is 0 Å². The van der Waals surface area contributed by atoms with Crippen molar-refractivity contribution in [3.63, 3.8) is 0 Å². The van der Waals surface area contributed by atoms with Crippen molar-refractivity contribution in [2.45, 2.75) is 45.6 Å². The zero-order valence-electron chi connectivity index (χ0n) is 10.4. The highest BCUT2D eigenvalue weighted by atomic mass is 16.5. The van der Waals surface area contributed by atoms with E-state index in [1.807, 2.05) is 6.92 Å². The molecule has 1 rings (SSSR count). The van der Waals surface area contributed by atoms with Gasteiger partial charge < -0.3 is 15.4 Å². The Morgan fingerprint density at radius 3 is 2.88 bits per heavy atom. The van der Waals surface area contributed by atoms with Gasteiger partial charge in [-0.1, -0.05) is 13.3 Å². The average Bonchev–Trinajstić information content (AvgIpc) is 2.64. The van der Waals surface area contributed by atoms with E-state index >= 15 is 0 Å². The zero-order chi connectivity index (χ0) is 11.8. The summed E-state index contributed by atoms with van der Waals surface area (Å²) in [6, 6.07) is 0.335. The number of ether oxygens (including phenoxy) is 1. The third kappa shape index (κ3) is 4.84. The summed E-state index contributed by atoms with van der Waals surface area (Å²) in [5.74, 6) is 0.620. The van der Waals surface area contributed by atoms with Crippen molar-refractivity contribution in [2.75, 3.05) is 19.8 Å². The fraction of sp³-hybridized carbons (Fsp3) is 0.917. The largest absolute Gasteiger partial charge is 0.382 e. The van der Waals surface area contributed by atoms with E-state index in [2.05, 4.69) is 17.6 Å². The van der Waals surface area contributed by atoms with E-state index in [1.165, 1.54) is 12.8 Å². The Morgan fingerprint density at radius 2 is 2.25 bits per heavy atom. The highest BCUT2D eigenvalue weighted by molar-refractivity contribution is 5.74. The Morgan fingerprint density at radius 1 is 1.44 bits per heavy atom. The van der Waals surface area contributed by atoms with E-state index < -0.39 is 0 Å². The van der Waals surface area contributed by atoms with Crippen LogP contribution >= 0.6 is 0 Å². The van der Waals surface area contributed by atoms with Crippen molar-refractivity contribution >= 4 is 6.03 Å². The molecule has 2 atom stereocenters. The third-order valence-electron chi connectivity index (χ3n) is 3.13. The Balaban J connectivity index is 2.02. The maximum Gasteiger partial charge on any atom is 0.315 e. The van der Waals surface area contributed by atoms with Crippen LogP contribution in [0.15, 0.2) is 0 Å². The molecule has 0 aromatic rings. The van der Waals surface area contributed by atoms with Crippen LogP contribution in [0.3, 0.4) is 0 Å². The van der Waals surface area contributed by atoms with E-state index in [9.17, 15) is 4.79 Å². The van der Waals surface area contributed by atoms with Gasteiger partial charge in [0.05, 0.1) is 0 Å². The monoisotopic (exact) mass is 228 g/mol. The van der Waals surface area contributed by atoms with E-state index in [1.54, 1.807) is 0 Å². The van der Waals surface area contributed by atoms with Crippen molar-refractivity contribution in [2.24, 2.45) is 5.92 Å². The lowest BCUT2D eigenvalue weighted by Gasteiger charge is -2.17. The van der Waals surface area contributed by atoms with Crippen LogP contribution < -0.4 is 10.6 Å². The smallest absolute Gasteiger partial charge is 0.315 e. The average molecular weight is 228 g/mol. The Labute approximate surface area is 98.1 Å². The molecule has 0 radical (unpaired) electrons. The van der Waals surface area contributed by atoms with Crippen molar-refractivity contribution in [1.82, 2.24) is 10.6 Å². The molecule has 2 unspecified atom stereocenters. The maximum absolute atomic E-state index is 11.5. The summed E-state index contributed by atoms with van der Waals surface area (Å²) >= 11 is 0. The third-order valence-corrected chi connectivity index (χ3v) is 3.13. The van der Waals surface area contributed by atoms with Gasteiger partial charge in [0.25, 0.3) is 0 Å². The molecule has 94 valence electrons. The van der Waals surface area contributed by atoms with E-state index in [0.717, 1.165) is 26.1 Å². The molecular weight excluding hydrogens is 204 g/mol. The number of carbonyl (C=O) groups is 1. The van der Waals surface area contributed by atoms with E-state index in [4.69, 9.17) is 4.74 Å². The molecule has 1 aliphatic carbocycles. The SMILES string of the molecule is CCOCCCNC(=O)NC1CCCC1C. The molecule has 2 N–H and O–H groups in total. The predicted molar refractivity (Wildman–Crippen MR) is 64.4 cm³/mol. The molecule has 16 heavy (non-hydrogen) atoms. The number of carbonyl (C=O) groups excluding carboxylic acids is 1. The van der Waals surface area contributed by atoms with Gasteiger partial charge in [0.2, 0.25) is 0 Å². The highest BCUT2D eigenvalue weighted by Gasteiger charge is 2.24. The minimum Gasteiger partial charge on any atom is -0.382 e. The van der Waals surface area contributed by atoms with E-state index in [-0.39, 0.29) is 6.03 Å². The van der Waals surface area contributed by atoms with Gasteiger partial charge in [-0.3, -0.25) is 0 Å². The van der Waals surface area contributed by atoms with Crippen molar-refractivity contribution in [3.05, 3.63) is 0 Å². The van der Waals surface area contributed by atoms with Crippen LogP contribution in [-0.2, 0) is 4.74 Å². The number of amides is 2. The minimum absolute atomic E-state index is 0.0322. The minimum atomic E-state index is -0.0322. The van der Waals surface area contributed by atoms with Gasteiger partial charge in [-0.05, 0) is 32.1 Å². The molecule has 0 aromatic carbocycles. The highest BCUT2D eigenvalue weighted by Crippen LogP contribution is 2.24. The van der Waals surface area contributed by atoms with Crippen LogP contribution in [0.2, 0.25) is 0 Å². The molecule has 0 spiro atoms. The molecule has 4 heteroatoms. The van der Waals surface area contributed by atoms with E-state index in [0.29, 0.717) is 18.5 Å². The zero-order valence-corrected chi connectivity index (χ0v) is 10.4. The summed E-state index contributed by atoms with van der Waals surface area (Å²) in [4.78, 5) is 11.5. The van der Waals surface area contributed by atoms with Crippen LogP contribution in [-0.4, -0.2) is 31.8 Å². The Bertz CT molecular complexity index is 209. The van der Waals surface area contributed by atoms with Crippen LogP contribution in [0.25, 0.3) is 0 Å². The molecule has 0 aromatic heterocycles. The van der Waals surface area contributed by atoms with Crippen molar-refractivity contribution in [1.29, 1.82) is 0 Å². The number of rotatable bonds is 6. The molecule has 2 amide bonds. The van der Waals surface area contributed by atoms with Crippen LogP contribution in [0.1, 0.15) is 39.5 Å². The topological polar surface area (TPSA) is 50.4 Å². The molecule has 0 heterocycles. The molecule has 1 aliphatic rings. The normalized spacial score (nSPS) is 24.4. The Hall–Kier alpha value is -0.770. The first-order chi connectivity index (χ1) is 7.74. The first kappa shape index (κ1) is 13.3. The predicted octanol–water partition coefficient (Wildman–Crippen LogP) is 1.90. The molecule has 1 saturated carbocycles. The first-order valence-electron chi connectivity index (χ1n) is 6.36. The molecule has 0 bridgehead atoms. The van der Waals surface area contributed by atoms with Crippen LogP contribution in [0, 0.1) is 5.92 Å². The number of hydrogen-bond acceptors (Lipinski definition) is 2. The van der Waals surface area contributed by atoms with Gasteiger partial charge >= 0.3 is 6.03 Å². The number of nitrogens with one attached hydrogen (secondary N) is 2. The maximum atomic E-state index is 11.5. The standard InChI is InChI=1S/C12H24N2O2/c1-3-16-9-5-8-13-12(15)14-11-7-4-6-10(11)2/h10-11H,3-9H2,1-2H3,(H2,13,14,15). The van der Waals surface area contributed by atoms with Gasteiger partial charge in [-0.2, -0.15) is 0 Å². The molecule has 1 fully saturated rings. The second-order valence-corrected chi connectivity index (χ2v) is 4.47. The fourth-order valence-electron chi connectivity index (χ4n) is 2.10. The number of hydrogen-bond donors (Lipinski definition) is 2. The lowest BCUT2D eigenvalue weighted by Crippen LogP contribution is -2.43. The lowest BCUT2D eigenvalue weighted by atomic mass is 10.1. The first-order valence-corrected chi connectivity index (χ1v) is 6.36. The van der Waals surface area contributed by atoms with Crippen molar-refractivity contribution < 1.29 is 9.53 Å². The summed E-state index contributed by atoms with van der Waals surface area (Å²) in [6.07, 6.45) is 4.46. The van der Waals surface area contributed by atoms with Gasteiger partial charge in [-0.25, -0.2) is 4.79 Å². The Kier molecular flexibility index (Phi) is 6.23. The number of urea groups is 1. The summed E-state index contributed by atoms with van der Waals surface area (Å²) in [7, 11) is 0. The van der Waals surface area contributed by atoms with Gasteiger partial charge in [0.1, 0.15) is 0 Å². The van der Waals surface area contributed by atoms with Crippen LogP contribution in [0.4, 0.5) is 4.79 Å². The van der Waals surface area contributed by atoms with Gasteiger partial charge in [-0.15, -0.1) is 0 Å². The molecular formula is C12H24N2O2. The summed E-state index contributed by atoms with van der Waals surface area (Å²) in [5, 5.41) is 5.89. The fourth-order valence-corrected chi connectivity index (χ4v) is 2.10. The summed E-state index contributed by atoms with van der Waals surface area (Å²) in [6.45, 7) is 6.32.